The van der Waals surface area contributed by atoms with Crippen molar-refractivity contribution in [2.75, 3.05) is 0 Å². The van der Waals surface area contributed by atoms with Crippen LogP contribution < -0.4 is 5.73 Å². The van der Waals surface area contributed by atoms with Crippen LogP contribution in [0.2, 0.25) is 0 Å². The molecule has 1 aromatic carbocycles. The molecule has 1 unspecified atom stereocenters. The first-order chi connectivity index (χ1) is 6.09. The van der Waals surface area contributed by atoms with Gasteiger partial charge in [0.25, 0.3) is 0 Å². The minimum atomic E-state index is -0.276. The van der Waals surface area contributed by atoms with E-state index in [-0.39, 0.29) is 17.6 Å². The average Bonchev–Trinajstić information content (AvgIpc) is 2.04. The minimum Gasteiger partial charge on any atom is -0.349 e. The van der Waals surface area contributed by atoms with E-state index in [0.29, 0.717) is 6.42 Å². The highest BCUT2D eigenvalue weighted by atomic mass is 19.1. The molecule has 0 aromatic heterocycles. The standard InChI is InChI=1S/C10H12FNO/c1-7(13)10(12)6-8-3-2-4-9(11)5-8/h2-5,10H,6,12H2,1H3/p+1. The van der Waals surface area contributed by atoms with Gasteiger partial charge in [0.15, 0.2) is 5.78 Å². The number of quaternary nitrogens is 1. The number of carbonyl (C=O) groups excluding carboxylic acids is 1. The monoisotopic (exact) mass is 182 g/mol. The third-order valence-corrected chi connectivity index (χ3v) is 1.95. The summed E-state index contributed by atoms with van der Waals surface area (Å²) in [6.07, 6.45) is 0.507. The molecule has 0 saturated heterocycles. The molecule has 0 aliphatic rings. The zero-order valence-electron chi connectivity index (χ0n) is 7.59. The smallest absolute Gasteiger partial charge is 0.187 e. The van der Waals surface area contributed by atoms with Crippen LogP contribution in [0.15, 0.2) is 24.3 Å². The van der Waals surface area contributed by atoms with E-state index in [9.17, 15) is 9.18 Å². The lowest BCUT2D eigenvalue weighted by Crippen LogP contribution is -2.65. The summed E-state index contributed by atoms with van der Waals surface area (Å²) in [6.45, 7) is 1.50. The number of halogens is 1. The van der Waals surface area contributed by atoms with Gasteiger partial charge in [-0.25, -0.2) is 4.39 Å². The Morgan fingerprint density at radius 1 is 1.62 bits per heavy atom. The van der Waals surface area contributed by atoms with E-state index in [1.807, 2.05) is 0 Å². The second-order valence-electron chi connectivity index (χ2n) is 3.14. The minimum absolute atomic E-state index is 0.0317. The van der Waals surface area contributed by atoms with Gasteiger partial charge >= 0.3 is 0 Å². The highest BCUT2D eigenvalue weighted by Crippen LogP contribution is 2.05. The number of hydrogen-bond acceptors (Lipinski definition) is 1. The Kier molecular flexibility index (Phi) is 3.14. The quantitative estimate of drug-likeness (QED) is 0.729. The molecule has 13 heavy (non-hydrogen) atoms. The molecule has 0 radical (unpaired) electrons. The molecular formula is C10H13FNO+. The van der Waals surface area contributed by atoms with Gasteiger partial charge in [0.1, 0.15) is 11.9 Å². The van der Waals surface area contributed by atoms with Crippen LogP contribution in [0, 0.1) is 5.82 Å². The molecule has 0 saturated carbocycles. The van der Waals surface area contributed by atoms with Crippen LogP contribution in [0.25, 0.3) is 0 Å². The third kappa shape index (κ3) is 2.95. The second kappa shape index (κ2) is 4.14. The van der Waals surface area contributed by atoms with Crippen molar-refractivity contribution in [1.82, 2.24) is 0 Å². The molecule has 2 nitrogen and oxygen atoms in total. The SMILES string of the molecule is CC(=O)C([NH3+])Cc1cccc(F)c1. The molecular weight excluding hydrogens is 169 g/mol. The Balaban J connectivity index is 2.69. The second-order valence-corrected chi connectivity index (χ2v) is 3.14. The van der Waals surface area contributed by atoms with Crippen molar-refractivity contribution in [1.29, 1.82) is 0 Å². The Hall–Kier alpha value is -1.22. The van der Waals surface area contributed by atoms with Crippen molar-refractivity contribution in [3.63, 3.8) is 0 Å². The lowest BCUT2D eigenvalue weighted by molar-refractivity contribution is -0.402. The molecule has 0 amide bonds. The van der Waals surface area contributed by atoms with E-state index in [1.54, 1.807) is 12.1 Å². The lowest BCUT2D eigenvalue weighted by atomic mass is 10.0. The zero-order chi connectivity index (χ0) is 9.84. The summed E-state index contributed by atoms with van der Waals surface area (Å²) in [7, 11) is 0. The van der Waals surface area contributed by atoms with Crippen molar-refractivity contribution in [3.8, 4) is 0 Å². The largest absolute Gasteiger partial charge is 0.349 e. The summed E-state index contributed by atoms with van der Waals surface area (Å²) < 4.78 is 12.7. The van der Waals surface area contributed by atoms with Crippen LogP contribution in [-0.4, -0.2) is 11.8 Å². The maximum atomic E-state index is 12.7. The summed E-state index contributed by atoms with van der Waals surface area (Å²) in [5.74, 6) is -0.238. The molecule has 0 bridgehead atoms. The van der Waals surface area contributed by atoms with Crippen LogP contribution in [0.3, 0.4) is 0 Å². The van der Waals surface area contributed by atoms with Gasteiger partial charge in [-0.2, -0.15) is 0 Å². The van der Waals surface area contributed by atoms with E-state index < -0.39 is 0 Å². The lowest BCUT2D eigenvalue weighted by Gasteiger charge is -2.04. The maximum absolute atomic E-state index is 12.7. The Morgan fingerprint density at radius 2 is 2.31 bits per heavy atom. The van der Waals surface area contributed by atoms with E-state index in [4.69, 9.17) is 0 Å². The number of Topliss-reactive ketones (excluding diaryl/α,β-unsaturated/α-hetero) is 1. The number of rotatable bonds is 3. The van der Waals surface area contributed by atoms with Crippen molar-refractivity contribution in [2.45, 2.75) is 19.4 Å². The first kappa shape index (κ1) is 9.86. The van der Waals surface area contributed by atoms with Gasteiger partial charge in [0.05, 0.1) is 0 Å². The third-order valence-electron chi connectivity index (χ3n) is 1.95. The average molecular weight is 182 g/mol. The number of carbonyl (C=O) groups is 1. The predicted molar refractivity (Wildman–Crippen MR) is 47.5 cm³/mol. The fourth-order valence-corrected chi connectivity index (χ4v) is 1.09. The van der Waals surface area contributed by atoms with Crippen LogP contribution in [-0.2, 0) is 11.2 Å². The number of ketones is 1. The Labute approximate surface area is 76.6 Å². The first-order valence-corrected chi connectivity index (χ1v) is 4.17. The fourth-order valence-electron chi connectivity index (χ4n) is 1.09. The maximum Gasteiger partial charge on any atom is 0.187 e. The fraction of sp³-hybridized carbons (Fsp3) is 0.300. The summed E-state index contributed by atoms with van der Waals surface area (Å²) in [6, 6.07) is 5.97. The normalized spacial score (nSPS) is 12.5. The van der Waals surface area contributed by atoms with Gasteiger partial charge in [-0.05, 0) is 17.7 Å². The van der Waals surface area contributed by atoms with E-state index in [0.717, 1.165) is 5.56 Å². The molecule has 1 atom stereocenters. The Bertz CT molecular complexity index is 312. The van der Waals surface area contributed by atoms with Gasteiger partial charge in [0.2, 0.25) is 0 Å². The van der Waals surface area contributed by atoms with Gasteiger partial charge < -0.3 is 5.73 Å². The number of hydrogen-bond donors (Lipinski definition) is 1. The van der Waals surface area contributed by atoms with Crippen LogP contribution in [0.1, 0.15) is 12.5 Å². The van der Waals surface area contributed by atoms with Crippen LogP contribution in [0.5, 0.6) is 0 Å². The zero-order valence-corrected chi connectivity index (χ0v) is 7.59. The van der Waals surface area contributed by atoms with Crippen LogP contribution in [0.4, 0.5) is 4.39 Å². The summed E-state index contributed by atoms with van der Waals surface area (Å²) >= 11 is 0. The highest BCUT2D eigenvalue weighted by Gasteiger charge is 2.12. The summed E-state index contributed by atoms with van der Waals surface area (Å²) in [4.78, 5) is 10.9. The molecule has 0 fully saturated rings. The van der Waals surface area contributed by atoms with Gasteiger partial charge in [-0.15, -0.1) is 0 Å². The van der Waals surface area contributed by atoms with Crippen molar-refractivity contribution in [3.05, 3.63) is 35.6 Å². The van der Waals surface area contributed by atoms with Crippen molar-refractivity contribution in [2.24, 2.45) is 0 Å². The summed E-state index contributed by atoms with van der Waals surface area (Å²) in [5, 5.41) is 0. The summed E-state index contributed by atoms with van der Waals surface area (Å²) in [5.41, 5.74) is 4.51. The van der Waals surface area contributed by atoms with Gasteiger partial charge in [-0.3, -0.25) is 4.79 Å². The first-order valence-electron chi connectivity index (χ1n) is 4.17. The molecule has 0 heterocycles. The predicted octanol–water partition coefficient (Wildman–Crippen LogP) is 0.568. The van der Waals surface area contributed by atoms with Gasteiger partial charge in [-0.1, -0.05) is 12.1 Å². The Morgan fingerprint density at radius 3 is 2.85 bits per heavy atom. The molecule has 1 rings (SSSR count). The van der Waals surface area contributed by atoms with Crippen molar-refractivity contribution < 1.29 is 14.9 Å². The van der Waals surface area contributed by atoms with E-state index >= 15 is 0 Å². The van der Waals surface area contributed by atoms with E-state index in [1.165, 1.54) is 19.1 Å². The molecule has 0 aliphatic heterocycles. The molecule has 0 aliphatic carbocycles. The molecule has 3 N–H and O–H groups in total. The van der Waals surface area contributed by atoms with Crippen molar-refractivity contribution >= 4 is 5.78 Å². The molecule has 3 heteroatoms. The number of benzene rings is 1. The molecule has 0 spiro atoms. The van der Waals surface area contributed by atoms with Gasteiger partial charge in [0, 0.05) is 13.3 Å². The molecule has 70 valence electrons. The van der Waals surface area contributed by atoms with Crippen LogP contribution >= 0.6 is 0 Å². The molecule has 1 aromatic rings. The highest BCUT2D eigenvalue weighted by molar-refractivity contribution is 5.80. The topological polar surface area (TPSA) is 44.7 Å². The van der Waals surface area contributed by atoms with E-state index in [2.05, 4.69) is 5.73 Å².